The van der Waals surface area contributed by atoms with Gasteiger partial charge in [-0.05, 0) is 6.42 Å². The van der Waals surface area contributed by atoms with Crippen LogP contribution in [0, 0.1) is 0 Å². The van der Waals surface area contributed by atoms with Crippen LogP contribution < -0.4 is 0 Å². The van der Waals surface area contributed by atoms with Gasteiger partial charge in [0.05, 0.1) is 6.10 Å². The fourth-order valence-corrected chi connectivity index (χ4v) is 0.535. The maximum Gasteiger partial charge on any atom is 0.0677 e. The zero-order chi connectivity index (χ0) is 3.86. The summed E-state index contributed by atoms with van der Waals surface area (Å²) in [5.41, 5.74) is 0. The number of hydrogen-bond donors (Lipinski definition) is 1. The van der Waals surface area contributed by atoms with Crippen molar-refractivity contribution in [3.05, 3.63) is 0 Å². The average molecular weight is 137 g/mol. The fraction of sp³-hybridized carbons (Fsp3) is 1.00. The van der Waals surface area contributed by atoms with Crippen LogP contribution in [0.5, 0.6) is 0 Å². The zero-order valence-corrected chi connectivity index (χ0v) is 4.27. The summed E-state index contributed by atoms with van der Waals surface area (Å²) in [5, 5.41) is 8.39. The smallest absolute Gasteiger partial charge is 0.0677 e. The summed E-state index contributed by atoms with van der Waals surface area (Å²) < 4.78 is 0. The van der Waals surface area contributed by atoms with Crippen LogP contribution in [0.25, 0.3) is 0 Å². The maximum atomic E-state index is 8.39. The molecule has 0 heterocycles. The Bertz CT molecular complexity index is 40.2. The molecular weight excluding hydrogens is 132 g/mol. The normalized spacial score (nSPS) is 49.2. The van der Waals surface area contributed by atoms with Gasteiger partial charge in [0.2, 0.25) is 0 Å². The van der Waals surface area contributed by atoms with E-state index < -0.39 is 0 Å². The minimum atomic E-state index is -0.0324. The molecule has 1 saturated carbocycles. The van der Waals surface area contributed by atoms with Gasteiger partial charge in [-0.25, -0.2) is 0 Å². The lowest BCUT2D eigenvalue weighted by molar-refractivity contribution is 0.281. The Labute approximate surface area is 39.1 Å². The van der Waals surface area contributed by atoms with Crippen molar-refractivity contribution >= 4 is 15.9 Å². The Morgan fingerprint density at radius 1 is 1.80 bits per heavy atom. The van der Waals surface area contributed by atoms with E-state index in [0.29, 0.717) is 4.83 Å². The van der Waals surface area contributed by atoms with Crippen LogP contribution in [-0.2, 0) is 0 Å². The lowest BCUT2D eigenvalue weighted by Gasteiger charge is -1.66. The van der Waals surface area contributed by atoms with Gasteiger partial charge in [0.1, 0.15) is 0 Å². The molecule has 0 aromatic rings. The predicted octanol–water partition coefficient (Wildman–Crippen LogP) is 0.514. The van der Waals surface area contributed by atoms with Gasteiger partial charge in [0.25, 0.3) is 0 Å². The van der Waals surface area contributed by atoms with E-state index in [1.165, 1.54) is 0 Å². The Morgan fingerprint density at radius 2 is 2.00 bits per heavy atom. The van der Waals surface area contributed by atoms with Gasteiger partial charge in [0, 0.05) is 4.83 Å². The van der Waals surface area contributed by atoms with Crippen LogP contribution in [0.2, 0.25) is 0 Å². The third-order valence-electron chi connectivity index (χ3n) is 0.681. The van der Waals surface area contributed by atoms with Gasteiger partial charge in [-0.3, -0.25) is 0 Å². The van der Waals surface area contributed by atoms with Gasteiger partial charge in [0.15, 0.2) is 0 Å². The molecule has 2 unspecified atom stereocenters. The molecule has 1 aliphatic rings. The van der Waals surface area contributed by atoms with Crippen LogP contribution in [-0.4, -0.2) is 16.0 Å². The van der Waals surface area contributed by atoms with Crippen molar-refractivity contribution in [2.24, 2.45) is 0 Å². The van der Waals surface area contributed by atoms with E-state index in [9.17, 15) is 0 Å². The van der Waals surface area contributed by atoms with Crippen LogP contribution in [0.4, 0.5) is 0 Å². The molecule has 0 amide bonds. The minimum absolute atomic E-state index is 0.0324. The van der Waals surface area contributed by atoms with Crippen molar-refractivity contribution < 1.29 is 5.11 Å². The Morgan fingerprint density at radius 3 is 2.00 bits per heavy atom. The molecule has 0 aromatic carbocycles. The Hall–Kier alpha value is 0.440. The van der Waals surface area contributed by atoms with Crippen molar-refractivity contribution in [2.45, 2.75) is 17.4 Å². The van der Waals surface area contributed by atoms with Crippen LogP contribution >= 0.6 is 15.9 Å². The first-order chi connectivity index (χ1) is 2.30. The molecule has 2 heteroatoms. The third-order valence-corrected chi connectivity index (χ3v) is 1.67. The molecule has 0 spiro atoms. The molecule has 0 saturated heterocycles. The van der Waals surface area contributed by atoms with E-state index >= 15 is 0 Å². The second-order valence-electron chi connectivity index (χ2n) is 1.32. The van der Waals surface area contributed by atoms with Gasteiger partial charge < -0.3 is 5.11 Å². The highest BCUT2D eigenvalue weighted by molar-refractivity contribution is 9.09. The summed E-state index contributed by atoms with van der Waals surface area (Å²) in [4.78, 5) is 0.419. The van der Waals surface area contributed by atoms with Crippen molar-refractivity contribution in [1.29, 1.82) is 0 Å². The predicted molar refractivity (Wildman–Crippen MR) is 23.3 cm³/mol. The lowest BCUT2D eigenvalue weighted by atomic mass is 10.9. The standard InChI is InChI=1S/C3H5BrO/c4-2-1-3(2)5/h2-3,5H,1H2. The molecule has 1 rings (SSSR count). The van der Waals surface area contributed by atoms with Crippen molar-refractivity contribution in [2.75, 3.05) is 0 Å². The highest BCUT2D eigenvalue weighted by Crippen LogP contribution is 2.28. The summed E-state index contributed by atoms with van der Waals surface area (Å²) in [5.74, 6) is 0. The van der Waals surface area contributed by atoms with E-state index in [1.807, 2.05) is 0 Å². The summed E-state index contributed by atoms with van der Waals surface area (Å²) in [6.45, 7) is 0. The number of aliphatic hydroxyl groups is 1. The van der Waals surface area contributed by atoms with Gasteiger partial charge >= 0.3 is 0 Å². The quantitative estimate of drug-likeness (QED) is 0.482. The van der Waals surface area contributed by atoms with Crippen LogP contribution in [0.3, 0.4) is 0 Å². The number of rotatable bonds is 0. The van der Waals surface area contributed by atoms with E-state index in [0.717, 1.165) is 6.42 Å². The highest BCUT2D eigenvalue weighted by atomic mass is 79.9. The first kappa shape index (κ1) is 3.62. The average Bonchev–Trinajstić information content (AvgIpc) is 1.79. The summed E-state index contributed by atoms with van der Waals surface area (Å²) in [6, 6.07) is 0. The molecule has 5 heavy (non-hydrogen) atoms. The van der Waals surface area contributed by atoms with Crippen LogP contribution in [0.15, 0.2) is 0 Å². The van der Waals surface area contributed by atoms with E-state index in [4.69, 9.17) is 5.11 Å². The van der Waals surface area contributed by atoms with Gasteiger partial charge in [-0.15, -0.1) is 0 Å². The summed E-state index contributed by atoms with van der Waals surface area (Å²) in [7, 11) is 0. The molecule has 1 fully saturated rings. The molecule has 1 N–H and O–H groups in total. The lowest BCUT2D eigenvalue weighted by Crippen LogP contribution is -1.76. The molecular formula is C3H5BrO. The van der Waals surface area contributed by atoms with E-state index in [-0.39, 0.29) is 6.10 Å². The monoisotopic (exact) mass is 136 g/mol. The number of hydrogen-bond acceptors (Lipinski definition) is 1. The number of aliphatic hydroxyl groups excluding tert-OH is 1. The molecule has 0 aliphatic heterocycles. The van der Waals surface area contributed by atoms with Gasteiger partial charge in [-0.2, -0.15) is 0 Å². The van der Waals surface area contributed by atoms with Crippen molar-refractivity contribution in [3.8, 4) is 0 Å². The molecule has 0 bridgehead atoms. The summed E-state index contributed by atoms with van der Waals surface area (Å²) in [6.07, 6.45) is 0.912. The number of halogens is 1. The molecule has 1 aliphatic carbocycles. The van der Waals surface area contributed by atoms with Crippen molar-refractivity contribution in [3.63, 3.8) is 0 Å². The topological polar surface area (TPSA) is 20.2 Å². The molecule has 0 radical (unpaired) electrons. The van der Waals surface area contributed by atoms with Crippen LogP contribution in [0.1, 0.15) is 6.42 Å². The minimum Gasteiger partial charge on any atom is -0.392 e. The SMILES string of the molecule is OC1CC1Br. The third kappa shape index (κ3) is 0.637. The van der Waals surface area contributed by atoms with E-state index in [2.05, 4.69) is 15.9 Å². The first-order valence-corrected chi connectivity index (χ1v) is 2.54. The van der Waals surface area contributed by atoms with Gasteiger partial charge in [-0.1, -0.05) is 15.9 Å². The Kier molecular flexibility index (Phi) is 0.688. The van der Waals surface area contributed by atoms with Crippen molar-refractivity contribution in [1.82, 2.24) is 0 Å². The molecule has 2 atom stereocenters. The molecule has 30 valence electrons. The Balaban J connectivity index is 2.20. The summed E-state index contributed by atoms with van der Waals surface area (Å²) >= 11 is 3.20. The molecule has 0 aromatic heterocycles. The second kappa shape index (κ2) is 0.949. The number of alkyl halides is 1. The highest BCUT2D eigenvalue weighted by Gasteiger charge is 2.31. The van der Waals surface area contributed by atoms with E-state index in [1.54, 1.807) is 0 Å². The second-order valence-corrected chi connectivity index (χ2v) is 2.50. The fourth-order valence-electron chi connectivity index (χ4n) is 0.152. The first-order valence-electron chi connectivity index (χ1n) is 1.63. The largest absolute Gasteiger partial charge is 0.392 e. The zero-order valence-electron chi connectivity index (χ0n) is 2.69. The maximum absolute atomic E-state index is 8.39. The molecule has 1 nitrogen and oxygen atoms in total.